The van der Waals surface area contributed by atoms with Crippen molar-refractivity contribution in [3.8, 4) is 0 Å². The third kappa shape index (κ3) is 2.83. The van der Waals surface area contributed by atoms with Crippen molar-refractivity contribution < 1.29 is 0 Å². The van der Waals surface area contributed by atoms with Crippen LogP contribution in [-0.2, 0) is 13.1 Å². The molecule has 3 rings (SSSR count). The number of nitrogens with zero attached hydrogens (tertiary/aromatic N) is 3. The monoisotopic (exact) mass is 251 g/mol. The van der Waals surface area contributed by atoms with Crippen LogP contribution in [0.3, 0.4) is 0 Å². The third-order valence-corrected chi connectivity index (χ3v) is 3.14. The van der Waals surface area contributed by atoms with Crippen LogP contribution in [0.15, 0.2) is 60.9 Å². The maximum absolute atomic E-state index is 4.62. The highest BCUT2D eigenvalue weighted by Gasteiger charge is 2.05. The lowest BCUT2D eigenvalue weighted by Crippen LogP contribution is -2.17. The molecule has 0 saturated heterocycles. The Morgan fingerprint density at radius 1 is 1.00 bits per heavy atom. The zero-order chi connectivity index (χ0) is 13.1. The molecular formula is C16H17N3. The zero-order valence-corrected chi connectivity index (χ0v) is 11.0. The minimum atomic E-state index is 0.858. The van der Waals surface area contributed by atoms with Crippen molar-refractivity contribution >= 4 is 5.65 Å². The number of hydrogen-bond acceptors (Lipinski definition) is 2. The van der Waals surface area contributed by atoms with E-state index < -0.39 is 0 Å². The molecule has 3 heteroatoms. The molecule has 0 atom stereocenters. The minimum Gasteiger partial charge on any atom is -0.307 e. The maximum atomic E-state index is 4.62. The largest absolute Gasteiger partial charge is 0.307 e. The van der Waals surface area contributed by atoms with Gasteiger partial charge in [0.2, 0.25) is 0 Å². The quantitative estimate of drug-likeness (QED) is 0.710. The van der Waals surface area contributed by atoms with E-state index >= 15 is 0 Å². The van der Waals surface area contributed by atoms with Crippen molar-refractivity contribution in [3.63, 3.8) is 0 Å². The normalized spacial score (nSPS) is 11.3. The predicted octanol–water partition coefficient (Wildman–Crippen LogP) is 2.97. The van der Waals surface area contributed by atoms with Gasteiger partial charge in [-0.2, -0.15) is 0 Å². The lowest BCUT2D eigenvalue weighted by Gasteiger charge is -2.14. The molecule has 0 aliphatic rings. The van der Waals surface area contributed by atoms with Crippen molar-refractivity contribution in [2.24, 2.45) is 0 Å². The van der Waals surface area contributed by atoms with Gasteiger partial charge >= 0.3 is 0 Å². The molecule has 0 fully saturated rings. The lowest BCUT2D eigenvalue weighted by molar-refractivity contribution is 0.316. The molecule has 0 spiro atoms. The van der Waals surface area contributed by atoms with Crippen LogP contribution < -0.4 is 0 Å². The number of imidazole rings is 1. The number of hydrogen-bond donors (Lipinski definition) is 0. The highest BCUT2D eigenvalue weighted by molar-refractivity contribution is 5.39. The summed E-state index contributed by atoms with van der Waals surface area (Å²) in [7, 11) is 2.12. The molecule has 0 aliphatic heterocycles. The lowest BCUT2D eigenvalue weighted by atomic mass is 10.2. The highest BCUT2D eigenvalue weighted by Crippen LogP contribution is 2.09. The van der Waals surface area contributed by atoms with Gasteiger partial charge in [-0.15, -0.1) is 0 Å². The molecule has 2 heterocycles. The Labute approximate surface area is 113 Å². The van der Waals surface area contributed by atoms with Gasteiger partial charge < -0.3 is 4.40 Å². The van der Waals surface area contributed by atoms with E-state index in [-0.39, 0.29) is 0 Å². The summed E-state index contributed by atoms with van der Waals surface area (Å²) in [6.45, 7) is 1.80. The second kappa shape index (κ2) is 5.24. The Kier molecular flexibility index (Phi) is 3.29. The molecule has 19 heavy (non-hydrogen) atoms. The van der Waals surface area contributed by atoms with Gasteiger partial charge in [0.15, 0.2) is 0 Å². The molecule has 0 aliphatic carbocycles. The second-order valence-electron chi connectivity index (χ2n) is 4.86. The predicted molar refractivity (Wildman–Crippen MR) is 76.8 cm³/mol. The summed E-state index contributed by atoms with van der Waals surface area (Å²) in [5, 5.41) is 0. The number of fused-ring (bicyclic) bond motifs is 1. The summed E-state index contributed by atoms with van der Waals surface area (Å²) >= 11 is 0. The van der Waals surface area contributed by atoms with E-state index in [9.17, 15) is 0 Å². The van der Waals surface area contributed by atoms with E-state index in [4.69, 9.17) is 0 Å². The van der Waals surface area contributed by atoms with Crippen LogP contribution in [0.5, 0.6) is 0 Å². The Balaban J connectivity index is 1.70. The van der Waals surface area contributed by atoms with E-state index in [1.165, 1.54) is 5.56 Å². The van der Waals surface area contributed by atoms with Gasteiger partial charge in [-0.3, -0.25) is 4.90 Å². The topological polar surface area (TPSA) is 20.5 Å². The van der Waals surface area contributed by atoms with E-state index in [2.05, 4.69) is 51.8 Å². The molecule has 3 nitrogen and oxygen atoms in total. The van der Waals surface area contributed by atoms with Crippen LogP contribution in [0.1, 0.15) is 11.3 Å². The molecule has 2 aromatic heterocycles. The van der Waals surface area contributed by atoms with Crippen molar-refractivity contribution in [1.82, 2.24) is 14.3 Å². The summed E-state index contributed by atoms with van der Waals surface area (Å²) in [4.78, 5) is 6.89. The summed E-state index contributed by atoms with van der Waals surface area (Å²) in [5.74, 6) is 0. The molecule has 0 saturated carbocycles. The number of aromatic nitrogens is 2. The highest BCUT2D eigenvalue weighted by atomic mass is 15.1. The molecule has 0 radical (unpaired) electrons. The first kappa shape index (κ1) is 11.9. The Morgan fingerprint density at radius 3 is 2.58 bits per heavy atom. The first-order valence-corrected chi connectivity index (χ1v) is 6.46. The van der Waals surface area contributed by atoms with E-state index in [0.29, 0.717) is 0 Å². The van der Waals surface area contributed by atoms with E-state index in [1.807, 2.05) is 30.5 Å². The summed E-state index contributed by atoms with van der Waals surface area (Å²) in [6, 6.07) is 16.6. The SMILES string of the molecule is CN(Cc1ccccc1)Cc1cn2ccccc2n1. The molecule has 96 valence electrons. The molecule has 0 amide bonds. The molecule has 0 bridgehead atoms. The van der Waals surface area contributed by atoms with Gasteiger partial charge in [0, 0.05) is 25.5 Å². The zero-order valence-electron chi connectivity index (χ0n) is 11.0. The van der Waals surface area contributed by atoms with Crippen molar-refractivity contribution in [1.29, 1.82) is 0 Å². The van der Waals surface area contributed by atoms with Gasteiger partial charge in [0.1, 0.15) is 5.65 Å². The fourth-order valence-corrected chi connectivity index (χ4v) is 2.29. The van der Waals surface area contributed by atoms with Crippen molar-refractivity contribution in [2.45, 2.75) is 13.1 Å². The summed E-state index contributed by atoms with van der Waals surface area (Å²) in [6.07, 6.45) is 4.12. The van der Waals surface area contributed by atoms with Crippen LogP contribution in [0, 0.1) is 0 Å². The van der Waals surface area contributed by atoms with Gasteiger partial charge in [-0.1, -0.05) is 36.4 Å². The second-order valence-corrected chi connectivity index (χ2v) is 4.86. The molecule has 0 unspecified atom stereocenters. The van der Waals surface area contributed by atoms with Gasteiger partial charge in [0.25, 0.3) is 0 Å². The van der Waals surface area contributed by atoms with Crippen LogP contribution >= 0.6 is 0 Å². The Morgan fingerprint density at radius 2 is 1.79 bits per heavy atom. The van der Waals surface area contributed by atoms with Crippen LogP contribution in [0.25, 0.3) is 5.65 Å². The number of rotatable bonds is 4. The molecule has 3 aromatic rings. The fraction of sp³-hybridized carbons (Fsp3) is 0.188. The standard InChI is InChI=1S/C16H17N3/c1-18(11-14-7-3-2-4-8-14)12-15-13-19-10-6-5-9-16(19)17-15/h2-10,13H,11-12H2,1H3. The van der Waals surface area contributed by atoms with E-state index in [1.54, 1.807) is 0 Å². The number of benzene rings is 1. The Bertz CT molecular complexity index is 625. The molecule has 0 N–H and O–H groups in total. The van der Waals surface area contributed by atoms with Crippen molar-refractivity contribution in [2.75, 3.05) is 7.05 Å². The van der Waals surface area contributed by atoms with Crippen LogP contribution in [0.2, 0.25) is 0 Å². The first-order valence-electron chi connectivity index (χ1n) is 6.46. The average Bonchev–Trinajstić information content (AvgIpc) is 2.81. The van der Waals surface area contributed by atoms with Crippen LogP contribution in [-0.4, -0.2) is 21.3 Å². The third-order valence-electron chi connectivity index (χ3n) is 3.14. The smallest absolute Gasteiger partial charge is 0.137 e. The first-order chi connectivity index (χ1) is 9.31. The fourth-order valence-electron chi connectivity index (χ4n) is 2.29. The average molecular weight is 251 g/mol. The molecular weight excluding hydrogens is 234 g/mol. The minimum absolute atomic E-state index is 0.858. The van der Waals surface area contributed by atoms with E-state index in [0.717, 1.165) is 24.4 Å². The number of pyridine rings is 1. The van der Waals surface area contributed by atoms with Gasteiger partial charge in [-0.25, -0.2) is 4.98 Å². The summed E-state index contributed by atoms with van der Waals surface area (Å²) in [5.41, 5.74) is 3.43. The van der Waals surface area contributed by atoms with Crippen LogP contribution in [0.4, 0.5) is 0 Å². The summed E-state index contributed by atoms with van der Waals surface area (Å²) < 4.78 is 2.06. The van der Waals surface area contributed by atoms with Gasteiger partial charge in [0.05, 0.1) is 5.69 Å². The van der Waals surface area contributed by atoms with Gasteiger partial charge in [-0.05, 0) is 24.7 Å². The Hall–Kier alpha value is -2.13. The maximum Gasteiger partial charge on any atom is 0.137 e. The molecule has 1 aromatic carbocycles. The van der Waals surface area contributed by atoms with Crippen molar-refractivity contribution in [3.05, 3.63) is 72.2 Å².